The van der Waals surface area contributed by atoms with Gasteiger partial charge in [-0.3, -0.25) is 11.3 Å². The Morgan fingerprint density at radius 1 is 1.11 bits per heavy atom. The van der Waals surface area contributed by atoms with E-state index in [0.29, 0.717) is 0 Å². The van der Waals surface area contributed by atoms with Crippen LogP contribution in [0.15, 0.2) is 12.1 Å². The monoisotopic (exact) mass is 290 g/mol. The van der Waals surface area contributed by atoms with Gasteiger partial charge in [-0.1, -0.05) is 39.3 Å². The second kappa shape index (κ2) is 6.64. The van der Waals surface area contributed by atoms with Crippen molar-refractivity contribution in [3.8, 4) is 0 Å². The van der Waals surface area contributed by atoms with Crippen LogP contribution >= 0.6 is 11.6 Å². The van der Waals surface area contributed by atoms with Gasteiger partial charge < -0.3 is 0 Å². The van der Waals surface area contributed by atoms with Crippen LogP contribution in [-0.2, 0) is 0 Å². The number of nitrogens with two attached hydrogens (primary N) is 1. The summed E-state index contributed by atoms with van der Waals surface area (Å²) < 4.78 is 27.5. The third-order valence-electron chi connectivity index (χ3n) is 3.49. The number of hydrogen-bond donors (Lipinski definition) is 2. The van der Waals surface area contributed by atoms with E-state index in [1.165, 1.54) is 6.07 Å². The zero-order valence-electron chi connectivity index (χ0n) is 11.7. The molecule has 0 saturated heterocycles. The van der Waals surface area contributed by atoms with Gasteiger partial charge in [0.15, 0.2) is 11.6 Å². The first-order valence-electron chi connectivity index (χ1n) is 6.40. The van der Waals surface area contributed by atoms with E-state index in [0.717, 1.165) is 6.07 Å². The molecule has 0 radical (unpaired) electrons. The zero-order valence-corrected chi connectivity index (χ0v) is 12.4. The molecule has 0 aliphatic carbocycles. The molecule has 5 heteroatoms. The highest BCUT2D eigenvalue weighted by atomic mass is 35.5. The van der Waals surface area contributed by atoms with Gasteiger partial charge in [0.2, 0.25) is 0 Å². The third kappa shape index (κ3) is 3.44. The van der Waals surface area contributed by atoms with Crippen LogP contribution in [-0.4, -0.2) is 0 Å². The zero-order chi connectivity index (χ0) is 14.7. The van der Waals surface area contributed by atoms with Crippen molar-refractivity contribution < 1.29 is 8.78 Å². The summed E-state index contributed by atoms with van der Waals surface area (Å²) in [6.07, 6.45) is 0. The molecule has 1 atom stereocenters. The van der Waals surface area contributed by atoms with E-state index in [2.05, 4.69) is 5.43 Å². The van der Waals surface area contributed by atoms with Gasteiger partial charge in [0.1, 0.15) is 0 Å². The molecule has 108 valence electrons. The topological polar surface area (TPSA) is 38.0 Å². The Morgan fingerprint density at radius 2 is 1.63 bits per heavy atom. The van der Waals surface area contributed by atoms with E-state index in [1.807, 2.05) is 27.7 Å². The molecule has 0 heterocycles. The Bertz CT molecular complexity index is 428. The van der Waals surface area contributed by atoms with Crippen LogP contribution in [0.25, 0.3) is 0 Å². The molecular formula is C14H21ClF2N2. The fourth-order valence-corrected chi connectivity index (χ4v) is 3.02. The Kier molecular flexibility index (Phi) is 5.71. The summed E-state index contributed by atoms with van der Waals surface area (Å²) in [5.41, 5.74) is 2.71. The fourth-order valence-electron chi connectivity index (χ4n) is 2.75. The smallest absolute Gasteiger partial charge is 0.165 e. The lowest BCUT2D eigenvalue weighted by atomic mass is 9.77. The SMILES string of the molecule is CC(C)C(C(C)C)C(NN)c1c(Cl)ccc(F)c1F. The summed E-state index contributed by atoms with van der Waals surface area (Å²) in [5.74, 6) is 4.27. The highest BCUT2D eigenvalue weighted by molar-refractivity contribution is 6.31. The predicted octanol–water partition coefficient (Wildman–Crippen LogP) is 4.05. The molecule has 19 heavy (non-hydrogen) atoms. The minimum atomic E-state index is -0.929. The molecule has 1 unspecified atom stereocenters. The lowest BCUT2D eigenvalue weighted by Gasteiger charge is -2.33. The van der Waals surface area contributed by atoms with Gasteiger partial charge in [0.25, 0.3) is 0 Å². The Balaban J connectivity index is 3.34. The minimum absolute atomic E-state index is 0.0406. The van der Waals surface area contributed by atoms with Crippen LogP contribution in [0.3, 0.4) is 0 Å². The predicted molar refractivity (Wildman–Crippen MR) is 74.6 cm³/mol. The van der Waals surface area contributed by atoms with Gasteiger partial charge in [0, 0.05) is 10.6 Å². The number of nitrogens with one attached hydrogen (secondary N) is 1. The summed E-state index contributed by atoms with van der Waals surface area (Å²) in [6, 6.07) is 1.86. The summed E-state index contributed by atoms with van der Waals surface area (Å²) in [6.45, 7) is 8.11. The van der Waals surface area contributed by atoms with Gasteiger partial charge in [-0.15, -0.1) is 0 Å². The molecule has 1 rings (SSSR count). The molecule has 0 fully saturated rings. The van der Waals surface area contributed by atoms with E-state index in [9.17, 15) is 8.78 Å². The highest BCUT2D eigenvalue weighted by Crippen LogP contribution is 2.38. The minimum Gasteiger partial charge on any atom is -0.271 e. The summed E-state index contributed by atoms with van der Waals surface area (Å²) in [7, 11) is 0. The van der Waals surface area contributed by atoms with Crippen molar-refractivity contribution in [2.75, 3.05) is 0 Å². The quantitative estimate of drug-likeness (QED) is 0.488. The maximum atomic E-state index is 14.0. The van der Waals surface area contributed by atoms with Crippen molar-refractivity contribution in [2.45, 2.75) is 33.7 Å². The van der Waals surface area contributed by atoms with Crippen molar-refractivity contribution in [3.05, 3.63) is 34.4 Å². The van der Waals surface area contributed by atoms with Crippen molar-refractivity contribution in [1.29, 1.82) is 0 Å². The first kappa shape index (κ1) is 16.3. The van der Waals surface area contributed by atoms with E-state index in [1.54, 1.807) is 0 Å². The summed E-state index contributed by atoms with van der Waals surface area (Å²) in [5, 5.41) is 0.188. The molecule has 1 aromatic rings. The number of hydrogen-bond acceptors (Lipinski definition) is 2. The fraction of sp³-hybridized carbons (Fsp3) is 0.571. The Labute approximate surface area is 118 Å². The van der Waals surface area contributed by atoms with Gasteiger partial charge in [-0.05, 0) is 29.9 Å². The lowest BCUT2D eigenvalue weighted by molar-refractivity contribution is 0.206. The highest BCUT2D eigenvalue weighted by Gasteiger charge is 2.32. The molecule has 0 amide bonds. The summed E-state index contributed by atoms with van der Waals surface area (Å²) >= 11 is 6.03. The number of benzene rings is 1. The van der Waals surface area contributed by atoms with Crippen LogP contribution < -0.4 is 11.3 Å². The third-order valence-corrected chi connectivity index (χ3v) is 3.82. The number of halogens is 3. The van der Waals surface area contributed by atoms with E-state index in [-0.39, 0.29) is 28.3 Å². The van der Waals surface area contributed by atoms with Gasteiger partial charge in [0.05, 0.1) is 6.04 Å². The molecule has 0 bridgehead atoms. The Hall–Kier alpha value is -0.710. The van der Waals surface area contributed by atoms with Crippen LogP contribution in [0.4, 0.5) is 8.78 Å². The number of hydrazine groups is 1. The first-order chi connectivity index (χ1) is 8.81. The average molecular weight is 291 g/mol. The van der Waals surface area contributed by atoms with Gasteiger partial charge in [-0.2, -0.15) is 0 Å². The van der Waals surface area contributed by atoms with Crippen LogP contribution in [0.1, 0.15) is 39.3 Å². The van der Waals surface area contributed by atoms with Crippen molar-refractivity contribution in [1.82, 2.24) is 5.43 Å². The van der Waals surface area contributed by atoms with Gasteiger partial charge >= 0.3 is 0 Å². The normalized spacial score (nSPS) is 13.6. The summed E-state index contributed by atoms with van der Waals surface area (Å²) in [4.78, 5) is 0. The largest absolute Gasteiger partial charge is 0.271 e. The number of rotatable bonds is 5. The molecule has 2 nitrogen and oxygen atoms in total. The second-order valence-corrected chi connectivity index (χ2v) is 5.87. The lowest BCUT2D eigenvalue weighted by Crippen LogP contribution is -2.39. The maximum absolute atomic E-state index is 14.0. The second-order valence-electron chi connectivity index (χ2n) is 5.47. The first-order valence-corrected chi connectivity index (χ1v) is 6.78. The standard InChI is InChI=1S/C14H21ClF2N2/c1-7(2)11(8(3)4)14(19-18)12-9(15)5-6-10(16)13(12)17/h5-8,11,14,19H,18H2,1-4H3. The van der Waals surface area contributed by atoms with Crippen LogP contribution in [0.5, 0.6) is 0 Å². The van der Waals surface area contributed by atoms with Crippen LogP contribution in [0, 0.1) is 29.4 Å². The van der Waals surface area contributed by atoms with Crippen LogP contribution in [0.2, 0.25) is 5.02 Å². The van der Waals surface area contributed by atoms with E-state index < -0.39 is 17.7 Å². The maximum Gasteiger partial charge on any atom is 0.165 e. The molecule has 0 spiro atoms. The van der Waals surface area contributed by atoms with Gasteiger partial charge in [-0.25, -0.2) is 8.78 Å². The molecular weight excluding hydrogens is 270 g/mol. The molecule has 0 aromatic heterocycles. The molecule has 3 N–H and O–H groups in total. The molecule has 0 saturated carbocycles. The Morgan fingerprint density at radius 3 is 2.05 bits per heavy atom. The average Bonchev–Trinajstić information content (AvgIpc) is 2.31. The van der Waals surface area contributed by atoms with E-state index >= 15 is 0 Å². The molecule has 0 aliphatic rings. The molecule has 0 aliphatic heterocycles. The van der Waals surface area contributed by atoms with Crippen molar-refractivity contribution in [3.63, 3.8) is 0 Å². The van der Waals surface area contributed by atoms with Crippen molar-refractivity contribution in [2.24, 2.45) is 23.6 Å². The molecule has 1 aromatic carbocycles. The van der Waals surface area contributed by atoms with Crippen molar-refractivity contribution >= 4 is 11.6 Å². The van der Waals surface area contributed by atoms with E-state index in [4.69, 9.17) is 17.4 Å².